The van der Waals surface area contributed by atoms with Crippen LogP contribution in [0, 0.1) is 5.82 Å². The first-order chi connectivity index (χ1) is 7.70. The third kappa shape index (κ3) is 1.98. The molecule has 0 saturated heterocycles. The topological polar surface area (TPSA) is 29.5 Å². The van der Waals surface area contributed by atoms with E-state index in [0.29, 0.717) is 16.9 Å². The molecule has 0 fully saturated rings. The van der Waals surface area contributed by atoms with Crippen LogP contribution < -0.4 is 4.74 Å². The molecule has 0 spiro atoms. The number of benzene rings is 2. The number of ether oxygens (including phenoxy) is 1. The molecule has 0 radical (unpaired) electrons. The average Bonchev–Trinajstić information content (AvgIpc) is 2.30. The summed E-state index contributed by atoms with van der Waals surface area (Å²) in [5.74, 6) is 0.353. The lowest BCUT2D eigenvalue weighted by atomic mass is 10.0. The molecule has 0 saturated carbocycles. The molecule has 0 amide bonds. The summed E-state index contributed by atoms with van der Waals surface area (Å²) in [5, 5.41) is 9.34. The summed E-state index contributed by atoms with van der Waals surface area (Å²) in [6, 6.07) is 11.0. The molecule has 0 bridgehead atoms. The molecule has 0 unspecified atom stereocenters. The Morgan fingerprint density at radius 1 is 1.12 bits per heavy atom. The molecule has 0 heterocycles. The highest BCUT2D eigenvalue weighted by atomic mass is 19.1. The lowest BCUT2D eigenvalue weighted by Crippen LogP contribution is -1.88. The van der Waals surface area contributed by atoms with Crippen molar-refractivity contribution in [2.75, 3.05) is 7.11 Å². The minimum Gasteiger partial charge on any atom is -0.508 e. The maximum absolute atomic E-state index is 13.6. The van der Waals surface area contributed by atoms with Crippen LogP contribution in [0.4, 0.5) is 4.39 Å². The Bertz CT molecular complexity index is 509. The van der Waals surface area contributed by atoms with Crippen molar-refractivity contribution >= 4 is 0 Å². The van der Waals surface area contributed by atoms with Crippen molar-refractivity contribution in [1.82, 2.24) is 0 Å². The molecule has 1 N–H and O–H groups in total. The molecule has 0 aliphatic heterocycles. The van der Waals surface area contributed by atoms with Gasteiger partial charge in [0, 0.05) is 5.56 Å². The standard InChI is InChI=1S/C13H11FO2/c1-16-11-5-6-13(14)12(8-11)9-3-2-4-10(15)7-9/h2-8,15H,1H3. The first-order valence-corrected chi connectivity index (χ1v) is 4.83. The summed E-state index contributed by atoms with van der Waals surface area (Å²) in [7, 11) is 1.53. The Labute approximate surface area is 92.9 Å². The van der Waals surface area contributed by atoms with Crippen LogP contribution in [-0.2, 0) is 0 Å². The highest BCUT2D eigenvalue weighted by Gasteiger charge is 2.07. The van der Waals surface area contributed by atoms with Gasteiger partial charge in [-0.15, -0.1) is 0 Å². The van der Waals surface area contributed by atoms with Crippen LogP contribution in [0.5, 0.6) is 11.5 Å². The number of phenols is 1. The van der Waals surface area contributed by atoms with Crippen LogP contribution in [-0.4, -0.2) is 12.2 Å². The summed E-state index contributed by atoms with van der Waals surface area (Å²) in [6.45, 7) is 0. The van der Waals surface area contributed by atoms with Crippen molar-refractivity contribution in [2.24, 2.45) is 0 Å². The van der Waals surface area contributed by atoms with Gasteiger partial charge in [0.15, 0.2) is 0 Å². The van der Waals surface area contributed by atoms with Gasteiger partial charge >= 0.3 is 0 Å². The molecule has 0 aliphatic carbocycles. The van der Waals surface area contributed by atoms with Gasteiger partial charge in [-0.2, -0.15) is 0 Å². The summed E-state index contributed by atoms with van der Waals surface area (Å²) in [5.41, 5.74) is 1.03. The van der Waals surface area contributed by atoms with Gasteiger partial charge in [0.25, 0.3) is 0 Å². The Hall–Kier alpha value is -2.03. The van der Waals surface area contributed by atoms with Gasteiger partial charge in [-0.1, -0.05) is 12.1 Å². The number of rotatable bonds is 2. The summed E-state index contributed by atoms with van der Waals surface area (Å²) >= 11 is 0. The van der Waals surface area contributed by atoms with E-state index in [0.717, 1.165) is 0 Å². The minimum absolute atomic E-state index is 0.111. The van der Waals surface area contributed by atoms with E-state index < -0.39 is 0 Å². The number of aromatic hydroxyl groups is 1. The van der Waals surface area contributed by atoms with Crippen molar-refractivity contribution in [2.45, 2.75) is 0 Å². The van der Waals surface area contributed by atoms with Gasteiger partial charge in [0.05, 0.1) is 7.11 Å². The third-order valence-electron chi connectivity index (χ3n) is 2.33. The largest absolute Gasteiger partial charge is 0.508 e. The Morgan fingerprint density at radius 2 is 1.94 bits per heavy atom. The van der Waals surface area contributed by atoms with Crippen LogP contribution in [0.25, 0.3) is 11.1 Å². The van der Waals surface area contributed by atoms with E-state index in [9.17, 15) is 9.50 Å². The first-order valence-electron chi connectivity index (χ1n) is 4.83. The first kappa shape index (κ1) is 10.5. The molecule has 0 aromatic heterocycles. The van der Waals surface area contributed by atoms with Crippen LogP contribution in [0.3, 0.4) is 0 Å². The molecule has 16 heavy (non-hydrogen) atoms. The lowest BCUT2D eigenvalue weighted by molar-refractivity contribution is 0.414. The molecule has 2 rings (SSSR count). The van der Waals surface area contributed by atoms with E-state index >= 15 is 0 Å². The van der Waals surface area contributed by atoms with Gasteiger partial charge in [-0.05, 0) is 35.9 Å². The maximum Gasteiger partial charge on any atom is 0.131 e. The minimum atomic E-state index is -0.341. The van der Waals surface area contributed by atoms with Crippen molar-refractivity contribution in [3.8, 4) is 22.6 Å². The number of hydrogen-bond acceptors (Lipinski definition) is 2. The Morgan fingerprint density at radius 3 is 2.62 bits per heavy atom. The fraction of sp³-hybridized carbons (Fsp3) is 0.0769. The average molecular weight is 218 g/mol. The third-order valence-corrected chi connectivity index (χ3v) is 2.33. The zero-order valence-electron chi connectivity index (χ0n) is 8.77. The van der Waals surface area contributed by atoms with Crippen LogP contribution in [0.2, 0.25) is 0 Å². The van der Waals surface area contributed by atoms with Crippen molar-refractivity contribution in [3.63, 3.8) is 0 Å². The van der Waals surface area contributed by atoms with Crippen LogP contribution >= 0.6 is 0 Å². The van der Waals surface area contributed by atoms with Gasteiger partial charge in [0.2, 0.25) is 0 Å². The van der Waals surface area contributed by atoms with E-state index in [1.807, 2.05) is 0 Å². The second kappa shape index (κ2) is 4.23. The predicted molar refractivity (Wildman–Crippen MR) is 60.1 cm³/mol. The maximum atomic E-state index is 13.6. The highest BCUT2D eigenvalue weighted by molar-refractivity contribution is 5.67. The van der Waals surface area contributed by atoms with E-state index in [-0.39, 0.29) is 11.6 Å². The monoisotopic (exact) mass is 218 g/mol. The molecule has 2 aromatic rings. The Kier molecular flexibility index (Phi) is 2.77. The second-order valence-corrected chi connectivity index (χ2v) is 3.40. The van der Waals surface area contributed by atoms with Gasteiger partial charge in [0.1, 0.15) is 17.3 Å². The highest BCUT2D eigenvalue weighted by Crippen LogP contribution is 2.28. The summed E-state index contributed by atoms with van der Waals surface area (Å²) in [4.78, 5) is 0. The zero-order chi connectivity index (χ0) is 11.5. The summed E-state index contributed by atoms with van der Waals surface area (Å²) in [6.07, 6.45) is 0. The lowest BCUT2D eigenvalue weighted by Gasteiger charge is -2.06. The molecule has 3 heteroatoms. The normalized spacial score (nSPS) is 10.1. The number of halogens is 1. The molecule has 82 valence electrons. The SMILES string of the molecule is COc1ccc(F)c(-c2cccc(O)c2)c1. The van der Waals surface area contributed by atoms with Crippen LogP contribution in [0.15, 0.2) is 42.5 Å². The molecule has 2 nitrogen and oxygen atoms in total. The molecule has 0 atom stereocenters. The van der Waals surface area contributed by atoms with Crippen molar-refractivity contribution in [1.29, 1.82) is 0 Å². The van der Waals surface area contributed by atoms with E-state index in [4.69, 9.17) is 4.74 Å². The molecule has 2 aromatic carbocycles. The van der Waals surface area contributed by atoms with E-state index in [1.165, 1.54) is 19.2 Å². The van der Waals surface area contributed by atoms with Crippen molar-refractivity contribution in [3.05, 3.63) is 48.3 Å². The number of hydrogen-bond donors (Lipinski definition) is 1. The molecular formula is C13H11FO2. The number of methoxy groups -OCH3 is 1. The van der Waals surface area contributed by atoms with Crippen LogP contribution in [0.1, 0.15) is 0 Å². The predicted octanol–water partition coefficient (Wildman–Crippen LogP) is 3.21. The second-order valence-electron chi connectivity index (χ2n) is 3.40. The fourth-order valence-corrected chi connectivity index (χ4v) is 1.53. The zero-order valence-corrected chi connectivity index (χ0v) is 8.77. The van der Waals surface area contributed by atoms with Gasteiger partial charge in [-0.25, -0.2) is 4.39 Å². The smallest absolute Gasteiger partial charge is 0.131 e. The van der Waals surface area contributed by atoms with Gasteiger partial charge < -0.3 is 9.84 Å². The van der Waals surface area contributed by atoms with E-state index in [2.05, 4.69) is 0 Å². The van der Waals surface area contributed by atoms with Gasteiger partial charge in [-0.3, -0.25) is 0 Å². The summed E-state index contributed by atoms with van der Waals surface area (Å²) < 4.78 is 18.6. The molecule has 0 aliphatic rings. The van der Waals surface area contributed by atoms with Crippen molar-refractivity contribution < 1.29 is 14.2 Å². The molecular weight excluding hydrogens is 207 g/mol. The fourth-order valence-electron chi connectivity index (χ4n) is 1.53. The Balaban J connectivity index is 2.54. The van der Waals surface area contributed by atoms with E-state index in [1.54, 1.807) is 30.3 Å². The number of phenolic OH excluding ortho intramolecular Hbond substituents is 1. The quantitative estimate of drug-likeness (QED) is 0.838.